The van der Waals surface area contributed by atoms with E-state index >= 15 is 0 Å². The van der Waals surface area contributed by atoms with Crippen molar-refractivity contribution in [3.05, 3.63) is 72.1 Å². The molecule has 0 bridgehead atoms. The van der Waals surface area contributed by atoms with Crippen LogP contribution in [0.15, 0.2) is 60.9 Å². The van der Waals surface area contributed by atoms with Crippen molar-refractivity contribution in [1.82, 2.24) is 25.5 Å². The predicted molar refractivity (Wildman–Crippen MR) is 106 cm³/mol. The van der Waals surface area contributed by atoms with E-state index in [1.165, 1.54) is 11.0 Å². The van der Waals surface area contributed by atoms with Crippen LogP contribution in [-0.4, -0.2) is 38.2 Å². The molecule has 0 radical (unpaired) electrons. The van der Waals surface area contributed by atoms with Crippen LogP contribution >= 0.6 is 0 Å². The van der Waals surface area contributed by atoms with Crippen LogP contribution in [0.1, 0.15) is 48.7 Å². The van der Waals surface area contributed by atoms with Crippen molar-refractivity contribution >= 4 is 11.9 Å². The van der Waals surface area contributed by atoms with Crippen LogP contribution in [0.5, 0.6) is 0 Å². The highest BCUT2D eigenvalue weighted by Crippen LogP contribution is 2.18. The van der Waals surface area contributed by atoms with Crippen molar-refractivity contribution in [2.75, 3.05) is 0 Å². The number of benzene rings is 2. The zero-order chi connectivity index (χ0) is 20.6. The first-order valence-corrected chi connectivity index (χ1v) is 9.48. The molecule has 8 heteroatoms. The minimum Gasteiger partial charge on any atom is -0.449 e. The molecular weight excluding hydrogens is 370 g/mol. The highest BCUT2D eigenvalue weighted by atomic mass is 16.5. The van der Waals surface area contributed by atoms with Crippen molar-refractivity contribution in [3.8, 4) is 5.69 Å². The van der Waals surface area contributed by atoms with E-state index in [-0.39, 0.29) is 11.9 Å². The second-order valence-corrected chi connectivity index (χ2v) is 6.61. The second kappa shape index (κ2) is 9.59. The average molecular weight is 393 g/mol. The Morgan fingerprint density at radius 3 is 2.45 bits per heavy atom. The van der Waals surface area contributed by atoms with E-state index in [0.717, 1.165) is 18.4 Å². The van der Waals surface area contributed by atoms with Crippen LogP contribution in [0, 0.1) is 0 Å². The summed E-state index contributed by atoms with van der Waals surface area (Å²) in [4.78, 5) is 25.0. The summed E-state index contributed by atoms with van der Waals surface area (Å²) in [5.41, 5.74) is 2.08. The van der Waals surface area contributed by atoms with Gasteiger partial charge in [0, 0.05) is 0 Å². The number of hydrogen-bond donors (Lipinski definition) is 1. The van der Waals surface area contributed by atoms with Gasteiger partial charge in [0.05, 0.1) is 17.3 Å². The Kier molecular flexibility index (Phi) is 6.67. The van der Waals surface area contributed by atoms with Gasteiger partial charge in [0.25, 0.3) is 5.91 Å². The number of carbonyl (C=O) groups is 2. The van der Waals surface area contributed by atoms with E-state index < -0.39 is 12.1 Å². The van der Waals surface area contributed by atoms with Gasteiger partial charge in [-0.1, -0.05) is 43.7 Å². The van der Waals surface area contributed by atoms with E-state index in [1.807, 2.05) is 30.3 Å². The summed E-state index contributed by atoms with van der Waals surface area (Å²) >= 11 is 0. The average Bonchev–Trinajstić information content (AvgIpc) is 3.29. The first kappa shape index (κ1) is 20.2. The maximum atomic E-state index is 12.6. The van der Waals surface area contributed by atoms with Crippen molar-refractivity contribution in [2.45, 2.75) is 38.8 Å². The number of tetrazole rings is 1. The zero-order valence-electron chi connectivity index (χ0n) is 16.4. The van der Waals surface area contributed by atoms with E-state index in [1.54, 1.807) is 31.2 Å². The van der Waals surface area contributed by atoms with E-state index in [9.17, 15) is 9.59 Å². The van der Waals surface area contributed by atoms with Gasteiger partial charge in [0.15, 0.2) is 6.10 Å². The van der Waals surface area contributed by atoms with Crippen molar-refractivity contribution < 1.29 is 14.3 Å². The third-order valence-electron chi connectivity index (χ3n) is 4.47. The number of rotatable bonds is 8. The van der Waals surface area contributed by atoms with Crippen LogP contribution in [0.2, 0.25) is 0 Å². The van der Waals surface area contributed by atoms with E-state index in [0.29, 0.717) is 11.3 Å². The Balaban J connectivity index is 1.60. The Morgan fingerprint density at radius 1 is 1.10 bits per heavy atom. The fourth-order valence-electron chi connectivity index (χ4n) is 2.90. The number of amides is 1. The molecule has 0 aliphatic heterocycles. The van der Waals surface area contributed by atoms with Gasteiger partial charge in [-0.15, -0.1) is 5.10 Å². The lowest BCUT2D eigenvalue weighted by Gasteiger charge is -2.21. The number of esters is 1. The largest absolute Gasteiger partial charge is 0.449 e. The molecule has 2 aromatic carbocycles. The van der Waals surface area contributed by atoms with Gasteiger partial charge < -0.3 is 10.1 Å². The molecule has 150 valence electrons. The van der Waals surface area contributed by atoms with Crippen LogP contribution in [0.4, 0.5) is 0 Å². The summed E-state index contributed by atoms with van der Waals surface area (Å²) in [6.07, 6.45) is 2.26. The molecule has 2 unspecified atom stereocenters. The zero-order valence-corrected chi connectivity index (χ0v) is 16.4. The van der Waals surface area contributed by atoms with Gasteiger partial charge in [-0.2, -0.15) is 0 Å². The van der Waals surface area contributed by atoms with Gasteiger partial charge in [0.2, 0.25) is 0 Å². The summed E-state index contributed by atoms with van der Waals surface area (Å²) in [5.74, 6) is -0.895. The first-order valence-electron chi connectivity index (χ1n) is 9.48. The van der Waals surface area contributed by atoms with Crippen LogP contribution in [0.25, 0.3) is 5.69 Å². The van der Waals surface area contributed by atoms with E-state index in [2.05, 4.69) is 27.8 Å². The molecule has 0 aliphatic carbocycles. The minimum atomic E-state index is -0.912. The molecular formula is C21H23N5O3. The molecule has 0 saturated carbocycles. The lowest BCUT2D eigenvalue weighted by molar-refractivity contribution is -0.129. The third kappa shape index (κ3) is 5.25. The van der Waals surface area contributed by atoms with Gasteiger partial charge in [-0.25, -0.2) is 9.48 Å². The monoisotopic (exact) mass is 393 g/mol. The topological polar surface area (TPSA) is 99.0 Å². The Morgan fingerprint density at radius 2 is 1.83 bits per heavy atom. The summed E-state index contributed by atoms with van der Waals surface area (Å²) in [7, 11) is 0. The SMILES string of the molecule is CCCC(NC(=O)C(C)OC(=O)c1ccc(-n2cnnn2)cc1)c1ccccc1. The number of carbonyl (C=O) groups excluding carboxylic acids is 2. The predicted octanol–water partition coefficient (Wildman–Crippen LogP) is 2.87. The fraction of sp³-hybridized carbons (Fsp3) is 0.286. The van der Waals surface area contributed by atoms with Crippen LogP contribution < -0.4 is 5.32 Å². The van der Waals surface area contributed by atoms with Gasteiger partial charge in [-0.05, 0) is 53.6 Å². The van der Waals surface area contributed by atoms with Gasteiger partial charge >= 0.3 is 5.97 Å². The third-order valence-corrected chi connectivity index (χ3v) is 4.47. The molecule has 0 fully saturated rings. The standard InChI is InChI=1S/C21H23N5O3/c1-3-7-19(16-8-5-4-6-9-16)23-20(27)15(2)29-21(28)17-10-12-18(13-11-17)26-14-22-24-25-26/h4-6,8-15,19H,3,7H2,1-2H3,(H,23,27). The molecule has 1 heterocycles. The summed E-state index contributed by atoms with van der Waals surface area (Å²) in [6.45, 7) is 3.63. The first-order chi connectivity index (χ1) is 14.1. The quantitative estimate of drug-likeness (QED) is 0.591. The number of hydrogen-bond acceptors (Lipinski definition) is 6. The van der Waals surface area contributed by atoms with Crippen LogP contribution in [0.3, 0.4) is 0 Å². The van der Waals surface area contributed by atoms with Crippen LogP contribution in [-0.2, 0) is 9.53 Å². The smallest absolute Gasteiger partial charge is 0.338 e. The second-order valence-electron chi connectivity index (χ2n) is 6.61. The minimum absolute atomic E-state index is 0.120. The molecule has 0 spiro atoms. The van der Waals surface area contributed by atoms with Crippen molar-refractivity contribution in [3.63, 3.8) is 0 Å². The molecule has 1 amide bonds. The molecule has 1 aromatic heterocycles. The van der Waals surface area contributed by atoms with Crippen molar-refractivity contribution in [1.29, 1.82) is 0 Å². The Hall–Kier alpha value is -3.55. The normalized spacial score (nSPS) is 12.8. The Bertz CT molecular complexity index is 927. The maximum absolute atomic E-state index is 12.6. The highest BCUT2D eigenvalue weighted by molar-refractivity contribution is 5.92. The van der Waals surface area contributed by atoms with Gasteiger partial charge in [0.1, 0.15) is 6.33 Å². The molecule has 2 atom stereocenters. The molecule has 3 rings (SSSR count). The van der Waals surface area contributed by atoms with Gasteiger partial charge in [-0.3, -0.25) is 4.79 Å². The molecule has 1 N–H and O–H groups in total. The number of ether oxygens (including phenoxy) is 1. The molecule has 0 saturated heterocycles. The molecule has 3 aromatic rings. The summed E-state index contributed by atoms with van der Waals surface area (Å²) < 4.78 is 6.82. The highest BCUT2D eigenvalue weighted by Gasteiger charge is 2.22. The van der Waals surface area contributed by atoms with Crippen molar-refractivity contribution in [2.24, 2.45) is 0 Å². The Labute approximate surface area is 168 Å². The summed E-state index contributed by atoms with van der Waals surface area (Å²) in [6, 6.07) is 16.2. The lowest BCUT2D eigenvalue weighted by atomic mass is 10.0. The molecule has 29 heavy (non-hydrogen) atoms. The lowest BCUT2D eigenvalue weighted by Crippen LogP contribution is -2.38. The molecule has 8 nitrogen and oxygen atoms in total. The van der Waals surface area contributed by atoms with E-state index in [4.69, 9.17) is 4.74 Å². The summed E-state index contributed by atoms with van der Waals surface area (Å²) in [5, 5.41) is 13.9. The molecule has 0 aliphatic rings. The number of nitrogens with zero attached hydrogens (tertiary/aromatic N) is 4. The number of aromatic nitrogens is 4. The number of nitrogens with one attached hydrogen (secondary N) is 1. The maximum Gasteiger partial charge on any atom is 0.338 e. The fourth-order valence-corrected chi connectivity index (χ4v) is 2.90.